The average molecular weight is 607 g/mol. The summed E-state index contributed by atoms with van der Waals surface area (Å²) in [4.78, 5) is 0. The van der Waals surface area contributed by atoms with Crippen molar-refractivity contribution in [2.75, 3.05) is 0 Å². The van der Waals surface area contributed by atoms with E-state index in [0.29, 0.717) is 0 Å². The summed E-state index contributed by atoms with van der Waals surface area (Å²) >= 11 is 0. The lowest BCUT2D eigenvalue weighted by atomic mass is 9.57. The van der Waals surface area contributed by atoms with Crippen LogP contribution >= 0.6 is 0 Å². The van der Waals surface area contributed by atoms with Gasteiger partial charge in [0.05, 0.1) is 5.41 Å². The van der Waals surface area contributed by atoms with E-state index in [2.05, 4.69) is 123 Å². The zero-order chi connectivity index (χ0) is 31.8. The SMILES string of the molecule is C/C=C\CC(N)C1=CC2=C(C(C)C1)C1(c3ccccc3O2)c2ccccc2Oc2cc(C3C=C(/C(C)=C/C=C\N)C=CC3)ccc21. The van der Waals surface area contributed by atoms with Gasteiger partial charge in [0.25, 0.3) is 0 Å². The standard InChI is InChI=1S/C42H42N2O2/c1-4-5-17-36(44)32-23-28(3)41-40(26-32)46-38-19-9-7-16-34(38)42(41)33-15-6-8-18-37(33)45-39-25-31(20-21-35(39)42)30-14-10-13-29(24-30)27(2)12-11-22-43/h4-13,15-16,18-22,24-26,28,30,36H,14,17,23,43-44H2,1-3H3/b5-4-,22-11-,27-12+. The van der Waals surface area contributed by atoms with Crippen molar-refractivity contribution in [2.24, 2.45) is 17.4 Å². The maximum atomic E-state index is 6.82. The van der Waals surface area contributed by atoms with Crippen LogP contribution in [0.25, 0.3) is 0 Å². The highest BCUT2D eigenvalue weighted by Crippen LogP contribution is 2.62. The monoisotopic (exact) mass is 606 g/mol. The third kappa shape index (κ3) is 4.89. The number of rotatable bonds is 6. The van der Waals surface area contributed by atoms with Gasteiger partial charge >= 0.3 is 0 Å². The van der Waals surface area contributed by atoms with E-state index < -0.39 is 5.41 Å². The molecule has 4 nitrogen and oxygen atoms in total. The number of hydrogen-bond acceptors (Lipinski definition) is 4. The van der Waals surface area contributed by atoms with E-state index in [0.717, 1.165) is 59.0 Å². The van der Waals surface area contributed by atoms with Crippen molar-refractivity contribution in [3.8, 4) is 17.2 Å². The highest BCUT2D eigenvalue weighted by Gasteiger charge is 2.53. The number of allylic oxidation sites excluding steroid dienone is 10. The highest BCUT2D eigenvalue weighted by atomic mass is 16.5. The van der Waals surface area contributed by atoms with E-state index in [-0.39, 0.29) is 17.9 Å². The normalized spacial score (nSPS) is 24.0. The minimum atomic E-state index is -0.566. The molecule has 4 unspecified atom stereocenters. The van der Waals surface area contributed by atoms with Gasteiger partial charge in [0.15, 0.2) is 0 Å². The van der Waals surface area contributed by atoms with Gasteiger partial charge in [-0.1, -0.05) is 91.9 Å². The topological polar surface area (TPSA) is 70.5 Å². The van der Waals surface area contributed by atoms with E-state index in [4.69, 9.17) is 20.9 Å². The van der Waals surface area contributed by atoms with Crippen LogP contribution in [-0.2, 0) is 5.41 Å². The Bertz CT molecular complexity index is 1900. The Hall–Kier alpha value is -4.80. The Morgan fingerprint density at radius 3 is 2.43 bits per heavy atom. The van der Waals surface area contributed by atoms with Crippen LogP contribution in [0, 0.1) is 5.92 Å². The molecule has 0 saturated carbocycles. The molecule has 0 fully saturated rings. The van der Waals surface area contributed by atoms with Crippen molar-refractivity contribution >= 4 is 0 Å². The van der Waals surface area contributed by atoms with E-state index >= 15 is 0 Å². The van der Waals surface area contributed by atoms with Gasteiger partial charge in [-0.25, -0.2) is 0 Å². The summed E-state index contributed by atoms with van der Waals surface area (Å²) in [5.74, 6) is 4.00. The first-order chi connectivity index (χ1) is 22.4. The Morgan fingerprint density at radius 2 is 1.70 bits per heavy atom. The highest BCUT2D eigenvalue weighted by molar-refractivity contribution is 5.74. The molecule has 3 aromatic carbocycles. The summed E-state index contributed by atoms with van der Waals surface area (Å²) in [7, 11) is 0. The summed E-state index contributed by atoms with van der Waals surface area (Å²) < 4.78 is 13.6. The molecule has 3 aromatic rings. The fourth-order valence-corrected chi connectivity index (χ4v) is 7.81. The van der Waals surface area contributed by atoms with Crippen molar-refractivity contribution in [3.05, 3.63) is 172 Å². The number of benzene rings is 3. The summed E-state index contributed by atoms with van der Waals surface area (Å²) in [5.41, 5.74) is 21.4. The molecule has 4 N–H and O–H groups in total. The maximum Gasteiger partial charge on any atom is 0.132 e. The van der Waals surface area contributed by atoms with E-state index in [9.17, 15) is 0 Å². The fraction of sp³-hybridized carbons (Fsp3) is 0.238. The molecular weight excluding hydrogens is 564 g/mol. The molecule has 46 heavy (non-hydrogen) atoms. The second kappa shape index (κ2) is 12.2. The predicted octanol–water partition coefficient (Wildman–Crippen LogP) is 9.42. The Labute approximate surface area is 272 Å². The lowest BCUT2D eigenvalue weighted by Gasteiger charge is -2.49. The second-order valence-corrected chi connectivity index (χ2v) is 12.8. The molecule has 4 aliphatic rings. The van der Waals surface area contributed by atoms with Gasteiger partial charge in [-0.15, -0.1) is 0 Å². The third-order valence-corrected chi connectivity index (χ3v) is 9.96. The van der Waals surface area contributed by atoms with Crippen LogP contribution in [0.15, 0.2) is 150 Å². The fourth-order valence-electron chi connectivity index (χ4n) is 7.81. The molecule has 4 heteroatoms. The van der Waals surface area contributed by atoms with Crippen molar-refractivity contribution in [1.82, 2.24) is 0 Å². The minimum Gasteiger partial charge on any atom is -0.457 e. The third-order valence-electron chi connectivity index (χ3n) is 9.96. The lowest BCUT2D eigenvalue weighted by molar-refractivity contribution is 0.345. The average Bonchev–Trinajstić information content (AvgIpc) is 3.09. The summed E-state index contributed by atoms with van der Waals surface area (Å²) in [6.07, 6.45) is 21.4. The van der Waals surface area contributed by atoms with Gasteiger partial charge in [-0.3, -0.25) is 0 Å². The van der Waals surface area contributed by atoms with Crippen molar-refractivity contribution in [1.29, 1.82) is 0 Å². The van der Waals surface area contributed by atoms with Gasteiger partial charge in [0.1, 0.15) is 23.0 Å². The summed E-state index contributed by atoms with van der Waals surface area (Å²) in [6, 6.07) is 23.9. The molecule has 232 valence electrons. The van der Waals surface area contributed by atoms with E-state index in [1.165, 1.54) is 27.9 Å². The Balaban J connectivity index is 1.43. The van der Waals surface area contributed by atoms with Crippen LogP contribution in [0.5, 0.6) is 17.2 Å². The van der Waals surface area contributed by atoms with Gasteiger partial charge < -0.3 is 20.9 Å². The molecule has 2 aliphatic carbocycles. The van der Waals surface area contributed by atoms with Gasteiger partial charge in [0, 0.05) is 28.7 Å². The first-order valence-corrected chi connectivity index (χ1v) is 16.4. The lowest BCUT2D eigenvalue weighted by Crippen LogP contribution is -2.42. The number of nitrogens with two attached hydrogens (primary N) is 2. The Morgan fingerprint density at radius 1 is 0.978 bits per heavy atom. The van der Waals surface area contributed by atoms with Crippen LogP contribution in [0.1, 0.15) is 68.2 Å². The number of para-hydroxylation sites is 2. The molecule has 0 radical (unpaired) electrons. The quantitative estimate of drug-likeness (QED) is 0.217. The molecule has 0 saturated heterocycles. The van der Waals surface area contributed by atoms with Crippen LogP contribution in [0.4, 0.5) is 0 Å². The molecule has 4 atom stereocenters. The smallest absolute Gasteiger partial charge is 0.132 e. The molecule has 0 bridgehead atoms. The molecule has 1 spiro atoms. The van der Waals surface area contributed by atoms with Crippen molar-refractivity contribution in [2.45, 2.75) is 57.4 Å². The van der Waals surface area contributed by atoms with Crippen molar-refractivity contribution < 1.29 is 9.47 Å². The van der Waals surface area contributed by atoms with Gasteiger partial charge in [-0.05, 0) is 103 Å². The summed E-state index contributed by atoms with van der Waals surface area (Å²) in [6.45, 7) is 6.49. The zero-order valence-corrected chi connectivity index (χ0v) is 26.9. The minimum absolute atomic E-state index is 0.0476. The number of ether oxygens (including phenoxy) is 2. The zero-order valence-electron chi connectivity index (χ0n) is 26.9. The molecule has 7 rings (SSSR count). The Kier molecular flexibility index (Phi) is 7.92. The first kappa shape index (κ1) is 29.9. The molecule has 2 aliphatic heterocycles. The molecule has 0 amide bonds. The largest absolute Gasteiger partial charge is 0.457 e. The van der Waals surface area contributed by atoms with Crippen LogP contribution in [0.3, 0.4) is 0 Å². The van der Waals surface area contributed by atoms with Crippen LogP contribution in [0.2, 0.25) is 0 Å². The molecular formula is C42H42N2O2. The predicted molar refractivity (Wildman–Crippen MR) is 188 cm³/mol. The first-order valence-electron chi connectivity index (χ1n) is 16.4. The second-order valence-electron chi connectivity index (χ2n) is 12.8. The maximum absolute atomic E-state index is 6.82. The van der Waals surface area contributed by atoms with Gasteiger partial charge in [0.2, 0.25) is 0 Å². The summed E-state index contributed by atoms with van der Waals surface area (Å²) in [5, 5.41) is 0. The van der Waals surface area contributed by atoms with Crippen molar-refractivity contribution in [3.63, 3.8) is 0 Å². The van der Waals surface area contributed by atoms with E-state index in [1.54, 1.807) is 6.20 Å². The number of hydrogen-bond donors (Lipinski definition) is 2. The van der Waals surface area contributed by atoms with E-state index in [1.807, 2.05) is 13.0 Å². The van der Waals surface area contributed by atoms with Crippen LogP contribution in [-0.4, -0.2) is 6.04 Å². The molecule has 2 heterocycles. The van der Waals surface area contributed by atoms with Crippen LogP contribution < -0.4 is 20.9 Å². The van der Waals surface area contributed by atoms with Gasteiger partial charge in [-0.2, -0.15) is 0 Å². The number of fused-ring (bicyclic) bond motifs is 7. The molecule has 0 aromatic heterocycles.